The van der Waals surface area contributed by atoms with Crippen LogP contribution in [0.3, 0.4) is 0 Å². The van der Waals surface area contributed by atoms with Gasteiger partial charge >= 0.3 is 6.18 Å². The number of alkyl halides is 3. The van der Waals surface area contributed by atoms with Gasteiger partial charge in [0.05, 0.1) is 11.4 Å². The maximum atomic E-state index is 11.9. The molecule has 0 aliphatic carbocycles. The number of nitrogens with one attached hydrogen (secondary N) is 1. The summed E-state index contributed by atoms with van der Waals surface area (Å²) in [5.41, 5.74) is -0.0821. The summed E-state index contributed by atoms with van der Waals surface area (Å²) >= 11 is 3.09. The maximum Gasteiger partial charge on any atom is 0.389 e. The Balaban J connectivity index is 2.67. The highest BCUT2D eigenvalue weighted by atomic mass is 79.9. The van der Waals surface area contributed by atoms with Crippen molar-refractivity contribution in [1.82, 2.24) is 0 Å². The van der Waals surface area contributed by atoms with E-state index in [9.17, 15) is 26.7 Å². The van der Waals surface area contributed by atoms with Gasteiger partial charge in [0.25, 0.3) is 0 Å². The number of aromatic hydroxyl groups is 1. The van der Waals surface area contributed by atoms with Gasteiger partial charge in [-0.15, -0.1) is 0 Å². The fourth-order valence-corrected chi connectivity index (χ4v) is 2.76. The lowest BCUT2D eigenvalue weighted by atomic mass is 10.3. The molecule has 19 heavy (non-hydrogen) atoms. The normalized spacial score (nSPS) is 12.4. The van der Waals surface area contributed by atoms with Gasteiger partial charge in [0, 0.05) is 10.9 Å². The maximum absolute atomic E-state index is 11.9. The molecular weight excluding hydrogens is 351 g/mol. The third-order valence-corrected chi connectivity index (χ3v) is 3.95. The SMILES string of the molecule is O=S(=O)(CCCC(F)(F)F)Nc1cc(Br)ccc1O. The van der Waals surface area contributed by atoms with Crippen LogP contribution in [-0.4, -0.2) is 25.5 Å². The van der Waals surface area contributed by atoms with Crippen molar-refractivity contribution in [3.05, 3.63) is 22.7 Å². The van der Waals surface area contributed by atoms with E-state index in [2.05, 4.69) is 15.9 Å². The van der Waals surface area contributed by atoms with Gasteiger partial charge in [-0.2, -0.15) is 13.2 Å². The lowest BCUT2D eigenvalue weighted by Crippen LogP contribution is -2.19. The molecule has 0 aliphatic heterocycles. The molecule has 0 radical (unpaired) electrons. The van der Waals surface area contributed by atoms with Crippen molar-refractivity contribution in [3.63, 3.8) is 0 Å². The first-order chi connectivity index (χ1) is 8.59. The molecule has 1 rings (SSSR count). The number of rotatable bonds is 5. The molecule has 4 nitrogen and oxygen atoms in total. The second kappa shape index (κ2) is 6.00. The van der Waals surface area contributed by atoms with Gasteiger partial charge < -0.3 is 5.11 Å². The first-order valence-electron chi connectivity index (χ1n) is 5.15. The summed E-state index contributed by atoms with van der Waals surface area (Å²) in [5, 5.41) is 9.43. The predicted molar refractivity (Wildman–Crippen MR) is 68.5 cm³/mol. The zero-order valence-electron chi connectivity index (χ0n) is 9.54. The molecule has 0 saturated carbocycles. The number of anilines is 1. The van der Waals surface area contributed by atoms with Gasteiger partial charge in [-0.05, 0) is 24.6 Å². The zero-order chi connectivity index (χ0) is 14.7. The van der Waals surface area contributed by atoms with Crippen LogP contribution in [0.1, 0.15) is 12.8 Å². The van der Waals surface area contributed by atoms with Crippen LogP contribution < -0.4 is 4.72 Å². The van der Waals surface area contributed by atoms with Crippen LogP contribution in [0.2, 0.25) is 0 Å². The minimum Gasteiger partial charge on any atom is -0.506 e. The van der Waals surface area contributed by atoms with E-state index in [1.807, 2.05) is 4.72 Å². The number of halogens is 4. The molecule has 1 aromatic carbocycles. The molecule has 0 fully saturated rings. The molecule has 0 saturated heterocycles. The minimum absolute atomic E-state index is 0.0821. The van der Waals surface area contributed by atoms with Gasteiger partial charge in [-0.1, -0.05) is 15.9 Å². The lowest BCUT2D eigenvalue weighted by molar-refractivity contribution is -0.134. The van der Waals surface area contributed by atoms with Crippen LogP contribution in [0.15, 0.2) is 22.7 Å². The Labute approximate surface area is 116 Å². The lowest BCUT2D eigenvalue weighted by Gasteiger charge is -2.10. The average molecular weight is 362 g/mol. The topological polar surface area (TPSA) is 66.4 Å². The summed E-state index contributed by atoms with van der Waals surface area (Å²) in [5.74, 6) is -0.971. The first-order valence-corrected chi connectivity index (χ1v) is 7.59. The number of phenolic OH excluding ortho intramolecular Hbond substituents is 1. The molecular formula is C10H11BrF3NO3S. The molecule has 0 spiro atoms. The van der Waals surface area contributed by atoms with E-state index in [1.165, 1.54) is 18.2 Å². The number of benzene rings is 1. The summed E-state index contributed by atoms with van der Waals surface area (Å²) < 4.78 is 61.4. The Hall–Kier alpha value is -0.960. The highest BCUT2D eigenvalue weighted by Gasteiger charge is 2.27. The van der Waals surface area contributed by atoms with Gasteiger partial charge in [0.15, 0.2) is 0 Å². The molecule has 9 heteroatoms. The van der Waals surface area contributed by atoms with Crippen molar-refractivity contribution in [2.45, 2.75) is 19.0 Å². The average Bonchev–Trinajstić information content (AvgIpc) is 2.20. The Morgan fingerprint density at radius 2 is 1.95 bits per heavy atom. The molecule has 1 aromatic rings. The van der Waals surface area contributed by atoms with Crippen molar-refractivity contribution >= 4 is 31.6 Å². The predicted octanol–water partition coefficient (Wildman–Crippen LogP) is 3.24. The van der Waals surface area contributed by atoms with Crippen molar-refractivity contribution in [1.29, 1.82) is 0 Å². The van der Waals surface area contributed by atoms with Crippen molar-refractivity contribution in [3.8, 4) is 5.75 Å². The Morgan fingerprint density at radius 1 is 1.32 bits per heavy atom. The molecule has 0 aliphatic rings. The Kier molecular flexibility index (Phi) is 5.08. The monoisotopic (exact) mass is 361 g/mol. The summed E-state index contributed by atoms with van der Waals surface area (Å²) in [6.45, 7) is 0. The van der Waals surface area contributed by atoms with Crippen LogP contribution in [0.4, 0.5) is 18.9 Å². The number of hydrogen-bond donors (Lipinski definition) is 2. The highest BCUT2D eigenvalue weighted by molar-refractivity contribution is 9.10. The molecule has 108 valence electrons. The summed E-state index contributed by atoms with van der Waals surface area (Å²) in [7, 11) is -3.93. The number of hydrogen-bond acceptors (Lipinski definition) is 3. The molecule has 2 N–H and O–H groups in total. The van der Waals surface area contributed by atoms with E-state index < -0.39 is 34.8 Å². The van der Waals surface area contributed by atoms with Crippen LogP contribution in [0, 0.1) is 0 Å². The van der Waals surface area contributed by atoms with Crippen LogP contribution in [0.5, 0.6) is 5.75 Å². The standard InChI is InChI=1S/C10H11BrF3NO3S/c11-7-2-3-9(16)8(6-7)15-19(17,18)5-1-4-10(12,13)14/h2-3,6,15-16H,1,4-5H2. The number of sulfonamides is 1. The van der Waals surface area contributed by atoms with E-state index in [1.54, 1.807) is 0 Å². The van der Waals surface area contributed by atoms with Crippen molar-refractivity contribution in [2.24, 2.45) is 0 Å². The fraction of sp³-hybridized carbons (Fsp3) is 0.400. The molecule has 0 bridgehead atoms. The molecule has 0 atom stereocenters. The quantitative estimate of drug-likeness (QED) is 0.791. The summed E-state index contributed by atoms with van der Waals surface area (Å²) in [6, 6.07) is 4.07. The van der Waals surface area contributed by atoms with E-state index in [0.717, 1.165) is 0 Å². The zero-order valence-corrected chi connectivity index (χ0v) is 11.9. The van der Waals surface area contributed by atoms with Crippen molar-refractivity contribution < 1.29 is 26.7 Å². The third kappa shape index (κ3) is 6.15. The molecule has 0 heterocycles. The first kappa shape index (κ1) is 16.1. The molecule has 0 amide bonds. The second-order valence-corrected chi connectivity index (χ2v) is 6.56. The fourth-order valence-electron chi connectivity index (χ4n) is 1.27. The van der Waals surface area contributed by atoms with Gasteiger partial charge in [0.1, 0.15) is 5.75 Å². The van der Waals surface area contributed by atoms with Crippen LogP contribution >= 0.6 is 15.9 Å². The third-order valence-electron chi connectivity index (χ3n) is 2.10. The Morgan fingerprint density at radius 3 is 2.53 bits per heavy atom. The second-order valence-electron chi connectivity index (χ2n) is 3.80. The van der Waals surface area contributed by atoms with Gasteiger partial charge in [0.2, 0.25) is 10.0 Å². The molecule has 0 aromatic heterocycles. The van der Waals surface area contributed by atoms with Gasteiger partial charge in [-0.3, -0.25) is 4.72 Å². The molecule has 0 unspecified atom stereocenters. The number of phenols is 1. The van der Waals surface area contributed by atoms with E-state index in [-0.39, 0.29) is 11.4 Å². The summed E-state index contributed by atoms with van der Waals surface area (Å²) in [6.07, 6.45) is -6.08. The van der Waals surface area contributed by atoms with Crippen LogP contribution in [-0.2, 0) is 10.0 Å². The van der Waals surface area contributed by atoms with E-state index in [4.69, 9.17) is 0 Å². The Bertz CT molecular complexity index is 545. The van der Waals surface area contributed by atoms with E-state index in [0.29, 0.717) is 4.47 Å². The van der Waals surface area contributed by atoms with Crippen LogP contribution in [0.25, 0.3) is 0 Å². The summed E-state index contributed by atoms with van der Waals surface area (Å²) in [4.78, 5) is 0. The van der Waals surface area contributed by atoms with Gasteiger partial charge in [-0.25, -0.2) is 8.42 Å². The van der Waals surface area contributed by atoms with Crippen molar-refractivity contribution in [2.75, 3.05) is 10.5 Å². The largest absolute Gasteiger partial charge is 0.506 e. The highest BCUT2D eigenvalue weighted by Crippen LogP contribution is 2.28. The minimum atomic E-state index is -4.38. The smallest absolute Gasteiger partial charge is 0.389 e. The van der Waals surface area contributed by atoms with E-state index >= 15 is 0 Å².